The second kappa shape index (κ2) is 4.63. The zero-order chi connectivity index (χ0) is 13.4. The number of nitrogens with two attached hydrogens (primary N) is 1. The van der Waals surface area contributed by atoms with Gasteiger partial charge in [0, 0.05) is 5.39 Å². The number of furan rings is 1. The molecule has 0 radical (unpaired) electrons. The van der Waals surface area contributed by atoms with Gasteiger partial charge in [-0.25, -0.2) is 4.79 Å². The van der Waals surface area contributed by atoms with E-state index >= 15 is 0 Å². The fourth-order valence-electron chi connectivity index (χ4n) is 1.89. The van der Waals surface area contributed by atoms with E-state index in [0.717, 1.165) is 5.56 Å². The predicted molar refractivity (Wildman–Crippen MR) is 69.9 cm³/mol. The van der Waals surface area contributed by atoms with E-state index < -0.39 is 5.97 Å². The van der Waals surface area contributed by atoms with Gasteiger partial charge in [0.25, 0.3) is 0 Å². The van der Waals surface area contributed by atoms with Crippen LogP contribution >= 0.6 is 11.6 Å². The van der Waals surface area contributed by atoms with Gasteiger partial charge >= 0.3 is 5.97 Å². The van der Waals surface area contributed by atoms with Crippen LogP contribution in [0.25, 0.3) is 11.0 Å². The zero-order valence-corrected chi connectivity index (χ0v) is 11.2. The molecule has 1 aromatic heterocycles. The quantitative estimate of drug-likeness (QED) is 0.849. The molecule has 0 aliphatic carbocycles. The summed E-state index contributed by atoms with van der Waals surface area (Å²) in [5.74, 6) is 0.0211. The number of halogens is 1. The molecule has 2 N–H and O–H groups in total. The number of fused-ring (bicyclic) bond motifs is 1. The molecule has 0 spiro atoms. The molecular weight excluding hydrogens is 254 g/mol. The Morgan fingerprint density at radius 1 is 1.50 bits per heavy atom. The van der Waals surface area contributed by atoms with Gasteiger partial charge in [0.1, 0.15) is 11.3 Å². The van der Waals surface area contributed by atoms with E-state index in [4.69, 9.17) is 26.5 Å². The third kappa shape index (κ3) is 1.98. The number of carbonyl (C=O) groups is 1. The molecular formula is C13H14ClNO3. The minimum Gasteiger partial charge on any atom is -0.465 e. The molecule has 0 bridgehead atoms. The van der Waals surface area contributed by atoms with Crippen LogP contribution < -0.4 is 5.73 Å². The van der Waals surface area contributed by atoms with Crippen LogP contribution in [-0.2, 0) is 4.74 Å². The third-order valence-corrected chi connectivity index (χ3v) is 3.11. The maximum atomic E-state index is 11.7. The van der Waals surface area contributed by atoms with Gasteiger partial charge < -0.3 is 14.9 Å². The first-order chi connectivity index (χ1) is 8.45. The minimum atomic E-state index is -0.453. The van der Waals surface area contributed by atoms with Crippen molar-refractivity contribution in [3.63, 3.8) is 0 Å². The standard InChI is InChI=1S/C13H14ClNO3/c1-6-4-8-10(14)11(7(2)15)18-12(8)9(5-6)13(16)17-3/h4-5,7H,15H2,1-3H3. The second-order valence-corrected chi connectivity index (χ2v) is 4.63. The van der Waals surface area contributed by atoms with Crippen LogP contribution in [0.5, 0.6) is 0 Å². The predicted octanol–water partition coefficient (Wildman–Crippen LogP) is 3.20. The number of hydrogen-bond donors (Lipinski definition) is 1. The maximum Gasteiger partial charge on any atom is 0.341 e. The van der Waals surface area contributed by atoms with E-state index in [1.54, 1.807) is 13.0 Å². The van der Waals surface area contributed by atoms with Crippen molar-refractivity contribution < 1.29 is 13.9 Å². The number of methoxy groups -OCH3 is 1. The lowest BCUT2D eigenvalue weighted by atomic mass is 10.1. The van der Waals surface area contributed by atoms with Crippen LogP contribution in [0.4, 0.5) is 0 Å². The van der Waals surface area contributed by atoms with Crippen molar-refractivity contribution in [3.05, 3.63) is 34.0 Å². The van der Waals surface area contributed by atoms with Crippen molar-refractivity contribution in [3.8, 4) is 0 Å². The summed E-state index contributed by atoms with van der Waals surface area (Å²) in [6.07, 6.45) is 0. The van der Waals surface area contributed by atoms with Crippen LogP contribution in [0.1, 0.15) is 34.6 Å². The highest BCUT2D eigenvalue weighted by Crippen LogP contribution is 2.36. The maximum absolute atomic E-state index is 11.7. The third-order valence-electron chi connectivity index (χ3n) is 2.72. The van der Waals surface area contributed by atoms with Gasteiger partial charge in [-0.05, 0) is 31.5 Å². The first-order valence-electron chi connectivity index (χ1n) is 5.52. The van der Waals surface area contributed by atoms with Crippen LogP contribution in [-0.4, -0.2) is 13.1 Å². The molecule has 2 aromatic rings. The normalized spacial score (nSPS) is 12.7. The molecule has 0 amide bonds. The number of carbonyl (C=O) groups excluding carboxylic acids is 1. The number of rotatable bonds is 2. The Balaban J connectivity index is 2.80. The van der Waals surface area contributed by atoms with Gasteiger partial charge in [0.2, 0.25) is 0 Å². The number of hydrogen-bond acceptors (Lipinski definition) is 4. The number of esters is 1. The first-order valence-corrected chi connectivity index (χ1v) is 5.90. The van der Waals surface area contributed by atoms with Crippen molar-refractivity contribution in [2.75, 3.05) is 7.11 Å². The van der Waals surface area contributed by atoms with E-state index in [9.17, 15) is 4.79 Å². The lowest BCUT2D eigenvalue weighted by molar-refractivity contribution is 0.0601. The highest BCUT2D eigenvalue weighted by molar-refractivity contribution is 6.36. The Kier molecular flexibility index (Phi) is 3.32. The molecule has 4 nitrogen and oxygen atoms in total. The number of ether oxygens (including phenoxy) is 1. The SMILES string of the molecule is COC(=O)c1cc(C)cc2c(Cl)c(C(C)N)oc12. The average molecular weight is 268 g/mol. The molecule has 96 valence electrons. The Bertz CT molecular complexity index is 616. The van der Waals surface area contributed by atoms with E-state index in [1.807, 2.05) is 13.0 Å². The van der Waals surface area contributed by atoms with Gasteiger partial charge in [0.05, 0.1) is 18.2 Å². The Labute approximate surface area is 110 Å². The van der Waals surface area contributed by atoms with Gasteiger partial charge in [0.15, 0.2) is 5.58 Å². The summed E-state index contributed by atoms with van der Waals surface area (Å²) >= 11 is 6.22. The van der Waals surface area contributed by atoms with Crippen LogP contribution in [0.15, 0.2) is 16.5 Å². The molecule has 1 unspecified atom stereocenters. The van der Waals surface area contributed by atoms with Gasteiger partial charge in [-0.1, -0.05) is 11.6 Å². The monoisotopic (exact) mass is 267 g/mol. The van der Waals surface area contributed by atoms with Crippen molar-refractivity contribution >= 4 is 28.5 Å². The molecule has 0 saturated heterocycles. The first kappa shape index (κ1) is 12.9. The average Bonchev–Trinajstić information content (AvgIpc) is 2.65. The smallest absolute Gasteiger partial charge is 0.341 e. The van der Waals surface area contributed by atoms with Crippen molar-refractivity contribution in [2.24, 2.45) is 5.73 Å². The van der Waals surface area contributed by atoms with E-state index in [1.165, 1.54) is 7.11 Å². The molecule has 1 aromatic carbocycles. The van der Waals surface area contributed by atoms with Crippen molar-refractivity contribution in [1.82, 2.24) is 0 Å². The van der Waals surface area contributed by atoms with Crippen molar-refractivity contribution in [2.45, 2.75) is 19.9 Å². The molecule has 0 saturated carbocycles. The van der Waals surface area contributed by atoms with Gasteiger partial charge in [-0.3, -0.25) is 0 Å². The van der Waals surface area contributed by atoms with Gasteiger partial charge in [-0.2, -0.15) is 0 Å². The highest BCUT2D eigenvalue weighted by atomic mass is 35.5. The molecule has 1 atom stereocenters. The fraction of sp³-hybridized carbons (Fsp3) is 0.308. The summed E-state index contributed by atoms with van der Waals surface area (Å²) in [7, 11) is 1.33. The van der Waals surface area contributed by atoms with Crippen LogP contribution in [0.2, 0.25) is 5.02 Å². The Hall–Kier alpha value is -1.52. The van der Waals surface area contributed by atoms with E-state index in [2.05, 4.69) is 0 Å². The number of benzene rings is 1. The summed E-state index contributed by atoms with van der Waals surface area (Å²) < 4.78 is 10.3. The zero-order valence-electron chi connectivity index (χ0n) is 10.4. The molecule has 0 aliphatic heterocycles. The van der Waals surface area contributed by atoms with Crippen molar-refractivity contribution in [1.29, 1.82) is 0 Å². The minimum absolute atomic E-state index is 0.337. The number of aryl methyl sites for hydroxylation is 1. The summed E-state index contributed by atoms with van der Waals surface area (Å²) in [6.45, 7) is 3.65. The molecule has 1 heterocycles. The molecule has 18 heavy (non-hydrogen) atoms. The summed E-state index contributed by atoms with van der Waals surface area (Å²) in [6, 6.07) is 3.23. The molecule has 0 aliphatic rings. The molecule has 0 fully saturated rings. The Morgan fingerprint density at radius 2 is 2.17 bits per heavy atom. The van der Waals surface area contributed by atoms with E-state index in [0.29, 0.717) is 27.3 Å². The fourth-order valence-corrected chi connectivity index (χ4v) is 2.24. The largest absolute Gasteiger partial charge is 0.465 e. The molecule has 5 heteroatoms. The second-order valence-electron chi connectivity index (χ2n) is 4.25. The lowest BCUT2D eigenvalue weighted by Crippen LogP contribution is -2.03. The Morgan fingerprint density at radius 3 is 2.72 bits per heavy atom. The van der Waals surface area contributed by atoms with Crippen LogP contribution in [0, 0.1) is 6.92 Å². The van der Waals surface area contributed by atoms with Crippen LogP contribution in [0.3, 0.4) is 0 Å². The topological polar surface area (TPSA) is 65.5 Å². The lowest BCUT2D eigenvalue weighted by Gasteiger charge is -2.02. The van der Waals surface area contributed by atoms with E-state index in [-0.39, 0.29) is 6.04 Å². The highest BCUT2D eigenvalue weighted by Gasteiger charge is 2.21. The molecule has 2 rings (SSSR count). The summed E-state index contributed by atoms with van der Waals surface area (Å²) in [5, 5.41) is 1.14. The summed E-state index contributed by atoms with van der Waals surface area (Å²) in [4.78, 5) is 11.7. The van der Waals surface area contributed by atoms with Gasteiger partial charge in [-0.15, -0.1) is 0 Å². The summed E-state index contributed by atoms with van der Waals surface area (Å²) in [5.41, 5.74) is 7.47.